The molecule has 1 aliphatic carbocycles. The minimum absolute atomic E-state index is 0. The Morgan fingerprint density at radius 2 is 1.21 bits per heavy atom. The number of rotatable bonds is 10. The highest BCUT2D eigenvalue weighted by Gasteiger charge is 2.34. The highest BCUT2D eigenvalue weighted by Crippen LogP contribution is 2.44. The number of aliphatic carboxylic acids is 4. The van der Waals surface area contributed by atoms with E-state index in [4.69, 9.17) is 44.3 Å². The maximum Gasteiger partial charge on any atom is 0.351 e. The zero-order valence-electron chi connectivity index (χ0n) is 24.1. The van der Waals surface area contributed by atoms with Crippen LogP contribution in [0.15, 0.2) is 48.5 Å². The Morgan fingerprint density at radius 3 is 1.58 bits per heavy atom. The lowest BCUT2D eigenvalue weighted by molar-refractivity contribution is -0.915. The van der Waals surface area contributed by atoms with Gasteiger partial charge in [-0.15, -0.1) is 0 Å². The van der Waals surface area contributed by atoms with Crippen molar-refractivity contribution in [3.8, 4) is 11.1 Å². The number of ether oxygens (including phenoxy) is 1. The SMILES string of the molecule is CC[NH+](CC)CC(O)C[NH+](C)CCOC(=O)C1c2ccccc2-c2ccccc21.O.O.O=C([O-])C(=O)O.O=C([O-])C(=O)O. The number of likely N-dealkylation sites (N-methyl/N-ethyl adjacent to an activating group) is 2. The van der Waals surface area contributed by atoms with E-state index in [1.165, 1.54) is 9.80 Å². The van der Waals surface area contributed by atoms with Crippen LogP contribution in [0.2, 0.25) is 0 Å². The van der Waals surface area contributed by atoms with E-state index in [1.54, 1.807) is 0 Å². The van der Waals surface area contributed by atoms with E-state index < -0.39 is 23.9 Å². The Balaban J connectivity index is 0. The Kier molecular flexibility index (Phi) is 19.4. The molecule has 0 amide bonds. The van der Waals surface area contributed by atoms with E-state index in [1.807, 2.05) is 43.4 Å². The summed E-state index contributed by atoms with van der Waals surface area (Å²) in [6.45, 7) is 8.80. The molecule has 3 rings (SSSR count). The lowest BCUT2D eigenvalue weighted by atomic mass is 9.97. The van der Waals surface area contributed by atoms with Gasteiger partial charge in [0.15, 0.2) is 18.0 Å². The molecule has 15 heteroatoms. The van der Waals surface area contributed by atoms with Crippen LogP contribution in [0.4, 0.5) is 0 Å². The summed E-state index contributed by atoms with van der Waals surface area (Å²) in [6, 6.07) is 16.1. The summed E-state index contributed by atoms with van der Waals surface area (Å²) < 4.78 is 5.67. The van der Waals surface area contributed by atoms with Gasteiger partial charge in [-0.05, 0) is 36.1 Å². The van der Waals surface area contributed by atoms with E-state index in [2.05, 4.69) is 26.0 Å². The van der Waals surface area contributed by atoms with Crippen LogP contribution >= 0.6 is 0 Å². The van der Waals surface area contributed by atoms with Crippen molar-refractivity contribution in [2.45, 2.75) is 25.9 Å². The number of benzene rings is 2. The highest BCUT2D eigenvalue weighted by molar-refractivity contribution is 6.26. The van der Waals surface area contributed by atoms with Crippen molar-refractivity contribution in [3.63, 3.8) is 0 Å². The molecule has 2 aromatic carbocycles. The second kappa shape index (κ2) is 20.5. The molecule has 9 N–H and O–H groups in total. The van der Waals surface area contributed by atoms with Gasteiger partial charge in [0.2, 0.25) is 0 Å². The summed E-state index contributed by atoms with van der Waals surface area (Å²) >= 11 is 0. The van der Waals surface area contributed by atoms with E-state index in [0.29, 0.717) is 19.7 Å². The largest absolute Gasteiger partial charge is 0.539 e. The van der Waals surface area contributed by atoms with Crippen LogP contribution in [0.25, 0.3) is 11.1 Å². The van der Waals surface area contributed by atoms with Gasteiger partial charge in [0.25, 0.3) is 0 Å². The number of carbonyl (C=O) groups excluding carboxylic acids is 3. The van der Waals surface area contributed by atoms with Crippen LogP contribution < -0.4 is 20.0 Å². The highest BCUT2D eigenvalue weighted by atomic mass is 16.5. The monoisotopic (exact) mass is 612 g/mol. The maximum atomic E-state index is 12.9. The first-order valence-electron chi connectivity index (χ1n) is 12.9. The number of aliphatic hydroxyl groups excluding tert-OH is 1. The fraction of sp³-hybridized carbons (Fsp3) is 0.393. The van der Waals surface area contributed by atoms with Crippen molar-refractivity contribution in [3.05, 3.63) is 59.7 Å². The molecule has 0 saturated carbocycles. The molecular formula is C28H40N2O13. The zero-order valence-corrected chi connectivity index (χ0v) is 24.1. The normalized spacial score (nSPS) is 12.2. The molecular weight excluding hydrogens is 572 g/mol. The summed E-state index contributed by atoms with van der Waals surface area (Å²) in [6.07, 6.45) is -0.339. The van der Waals surface area contributed by atoms with Crippen molar-refractivity contribution >= 4 is 29.8 Å². The number of hydrogen-bond acceptors (Lipinski definition) is 9. The van der Waals surface area contributed by atoms with Crippen LogP contribution in [0, 0.1) is 0 Å². The first-order chi connectivity index (χ1) is 19.3. The quantitative estimate of drug-likeness (QED) is 0.124. The third-order valence-corrected chi connectivity index (χ3v) is 6.30. The van der Waals surface area contributed by atoms with Gasteiger partial charge in [-0.25, -0.2) is 9.59 Å². The molecule has 15 nitrogen and oxygen atoms in total. The number of hydrogen-bond donors (Lipinski definition) is 5. The predicted octanol–water partition coefficient (Wildman–Crippen LogP) is -5.87. The van der Waals surface area contributed by atoms with E-state index in [9.17, 15) is 9.90 Å². The van der Waals surface area contributed by atoms with Gasteiger partial charge in [0, 0.05) is 0 Å². The minimum Gasteiger partial charge on any atom is -0.539 e. The van der Waals surface area contributed by atoms with Gasteiger partial charge in [0.1, 0.15) is 32.2 Å². The Bertz CT molecular complexity index is 1110. The van der Waals surface area contributed by atoms with Crippen LogP contribution in [-0.4, -0.2) is 109 Å². The maximum absolute atomic E-state index is 12.9. The standard InChI is InChI=1S/C24H32N2O3.2C2H2O4.2H2O/c1-4-26(5-2)17-18(27)16-25(3)14-15-29-24(28)23-21-12-8-6-10-19(21)20-11-7-9-13-22(20)23;2*3-1(4)2(5)6;;/h6-13,18,23,27H,4-5,14-17H2,1-3H3;2*(H,3,4)(H,5,6);2*1H2. The molecule has 0 spiro atoms. The lowest BCUT2D eigenvalue weighted by Crippen LogP contribution is -3.15. The molecule has 43 heavy (non-hydrogen) atoms. The predicted molar refractivity (Wildman–Crippen MR) is 147 cm³/mol. The number of aliphatic hydroxyl groups is 1. The number of carbonyl (C=O) groups is 5. The first kappa shape index (κ1) is 40.7. The Morgan fingerprint density at radius 1 is 0.814 bits per heavy atom. The second-order valence-corrected chi connectivity index (χ2v) is 9.19. The number of carboxylic acid groups (broad SMARTS) is 4. The Labute approximate surface area is 248 Å². The van der Waals surface area contributed by atoms with Gasteiger partial charge in [-0.3, -0.25) is 4.79 Å². The molecule has 0 fully saturated rings. The van der Waals surface area contributed by atoms with Crippen molar-refractivity contribution in [1.82, 2.24) is 0 Å². The molecule has 2 aromatic rings. The van der Waals surface area contributed by atoms with Gasteiger partial charge in [-0.1, -0.05) is 48.5 Å². The fourth-order valence-electron chi connectivity index (χ4n) is 4.27. The van der Waals surface area contributed by atoms with Gasteiger partial charge >= 0.3 is 17.9 Å². The number of carboxylic acids is 4. The smallest absolute Gasteiger partial charge is 0.351 e. The molecule has 0 saturated heterocycles. The van der Waals surface area contributed by atoms with Gasteiger partial charge in [0.05, 0.1) is 20.1 Å². The first-order valence-corrected chi connectivity index (χ1v) is 12.9. The second-order valence-electron chi connectivity index (χ2n) is 9.19. The van der Waals surface area contributed by atoms with Crippen LogP contribution in [0.3, 0.4) is 0 Å². The van der Waals surface area contributed by atoms with Crippen molar-refractivity contribution < 1.29 is 75.0 Å². The number of esters is 1. The van der Waals surface area contributed by atoms with Gasteiger partial charge < -0.3 is 60.6 Å². The van der Waals surface area contributed by atoms with Crippen LogP contribution in [0.1, 0.15) is 30.9 Å². The van der Waals surface area contributed by atoms with E-state index in [0.717, 1.165) is 41.9 Å². The molecule has 1 aliphatic rings. The third-order valence-electron chi connectivity index (χ3n) is 6.30. The van der Waals surface area contributed by atoms with Crippen LogP contribution in [-0.2, 0) is 28.7 Å². The summed E-state index contributed by atoms with van der Waals surface area (Å²) in [5.74, 6) is -8.56. The summed E-state index contributed by atoms with van der Waals surface area (Å²) in [4.78, 5) is 51.5. The van der Waals surface area contributed by atoms with Crippen molar-refractivity contribution in [2.24, 2.45) is 0 Å². The molecule has 0 aliphatic heterocycles. The molecule has 2 atom stereocenters. The number of quaternary nitrogens is 2. The van der Waals surface area contributed by atoms with Crippen molar-refractivity contribution in [1.29, 1.82) is 0 Å². The zero-order chi connectivity index (χ0) is 31.1. The summed E-state index contributed by atoms with van der Waals surface area (Å²) in [5.41, 5.74) is 4.29. The van der Waals surface area contributed by atoms with E-state index >= 15 is 0 Å². The third kappa shape index (κ3) is 13.4. The molecule has 240 valence electrons. The van der Waals surface area contributed by atoms with Crippen LogP contribution in [0.5, 0.6) is 0 Å². The fourth-order valence-corrected chi connectivity index (χ4v) is 4.27. The summed E-state index contributed by atoms with van der Waals surface area (Å²) in [5, 5.41) is 42.9. The minimum atomic E-state index is -2.07. The van der Waals surface area contributed by atoms with Crippen molar-refractivity contribution in [2.75, 3.05) is 46.4 Å². The topological polar surface area (TPSA) is 273 Å². The molecule has 0 heterocycles. The molecule has 2 unspecified atom stereocenters. The molecule has 0 bridgehead atoms. The molecule has 0 aromatic heterocycles. The number of fused-ring (bicyclic) bond motifs is 3. The molecule has 0 radical (unpaired) electrons. The average Bonchev–Trinajstić information content (AvgIpc) is 3.26. The van der Waals surface area contributed by atoms with Gasteiger partial charge in [-0.2, -0.15) is 0 Å². The lowest BCUT2D eigenvalue weighted by Gasteiger charge is -2.22. The average molecular weight is 613 g/mol. The Hall–Kier alpha value is -4.41. The summed E-state index contributed by atoms with van der Waals surface area (Å²) in [7, 11) is 2.04. The van der Waals surface area contributed by atoms with E-state index in [-0.39, 0.29) is 28.9 Å². The number of nitrogens with one attached hydrogen (secondary N) is 2.